The fourth-order valence-corrected chi connectivity index (χ4v) is 1.87. The number of nitrogens with one attached hydrogen (secondary N) is 2. The number of para-hydroxylation sites is 1. The smallest absolute Gasteiger partial charge is 0.234 e. The third kappa shape index (κ3) is 7.64. The molecule has 2 N–H and O–H groups in total. The first-order valence-corrected chi connectivity index (χ1v) is 7.59. The van der Waals surface area contributed by atoms with Crippen molar-refractivity contribution in [2.45, 2.75) is 13.8 Å². The summed E-state index contributed by atoms with van der Waals surface area (Å²) in [4.78, 5) is 25.1. The molecule has 0 aliphatic carbocycles. The van der Waals surface area contributed by atoms with Crippen LogP contribution in [0.15, 0.2) is 30.3 Å². The number of carbonyl (C=O) groups excluding carboxylic acids is 2. The van der Waals surface area contributed by atoms with Gasteiger partial charge in [-0.15, -0.1) is 0 Å². The Morgan fingerprint density at radius 2 is 1.68 bits per heavy atom. The van der Waals surface area contributed by atoms with E-state index in [1.54, 1.807) is 4.90 Å². The molecule has 0 saturated heterocycles. The van der Waals surface area contributed by atoms with Crippen LogP contribution in [0.4, 0.5) is 0 Å². The summed E-state index contributed by atoms with van der Waals surface area (Å²) in [6.45, 7) is 6.32. The van der Waals surface area contributed by atoms with Crippen LogP contribution in [0.25, 0.3) is 0 Å². The second-order valence-electron chi connectivity index (χ2n) is 4.77. The molecule has 1 aromatic carbocycles. The predicted molar refractivity (Wildman–Crippen MR) is 85.7 cm³/mol. The molecule has 0 aliphatic heterocycles. The number of hydrogen-bond acceptors (Lipinski definition) is 4. The number of carbonyl (C=O) groups is 2. The maximum Gasteiger partial charge on any atom is 0.234 e. The maximum absolute atomic E-state index is 11.8. The van der Waals surface area contributed by atoms with E-state index in [0.717, 1.165) is 5.75 Å². The van der Waals surface area contributed by atoms with Crippen molar-refractivity contribution in [3.8, 4) is 5.75 Å². The minimum absolute atomic E-state index is 0.0652. The van der Waals surface area contributed by atoms with Gasteiger partial charge >= 0.3 is 0 Å². The predicted octanol–water partition coefficient (Wildman–Crippen LogP) is 0.640. The lowest BCUT2D eigenvalue weighted by molar-refractivity contribution is -0.125. The second kappa shape index (κ2) is 10.6. The van der Waals surface area contributed by atoms with Crippen molar-refractivity contribution in [2.24, 2.45) is 0 Å². The highest BCUT2D eigenvalue weighted by Crippen LogP contribution is 2.07. The molecule has 6 heteroatoms. The fourth-order valence-electron chi connectivity index (χ4n) is 1.87. The van der Waals surface area contributed by atoms with Crippen LogP contribution >= 0.6 is 0 Å². The van der Waals surface area contributed by atoms with E-state index in [9.17, 15) is 9.59 Å². The summed E-state index contributed by atoms with van der Waals surface area (Å²) in [6.07, 6.45) is 0. The van der Waals surface area contributed by atoms with Gasteiger partial charge in [0.05, 0.1) is 19.6 Å². The van der Waals surface area contributed by atoms with Gasteiger partial charge in [0.1, 0.15) is 12.4 Å². The summed E-state index contributed by atoms with van der Waals surface area (Å²) in [5.74, 6) is 0.607. The molecule has 122 valence electrons. The van der Waals surface area contributed by atoms with Crippen molar-refractivity contribution < 1.29 is 14.3 Å². The molecule has 0 aliphatic rings. The number of amides is 2. The minimum atomic E-state index is -0.109. The molecule has 2 amide bonds. The quantitative estimate of drug-likeness (QED) is 0.622. The molecule has 0 spiro atoms. The summed E-state index contributed by atoms with van der Waals surface area (Å²) in [6, 6.07) is 9.45. The standard InChI is InChI=1S/C16H25N3O3/c1-3-17-15(20)12-19(4-2)13-16(21)18-10-11-22-14-8-6-5-7-9-14/h5-9H,3-4,10-13H2,1-2H3,(H,17,20)(H,18,21). The maximum atomic E-state index is 11.8. The molecule has 0 bridgehead atoms. The second-order valence-corrected chi connectivity index (χ2v) is 4.77. The monoisotopic (exact) mass is 307 g/mol. The lowest BCUT2D eigenvalue weighted by atomic mass is 10.3. The third-order valence-electron chi connectivity index (χ3n) is 2.99. The zero-order chi connectivity index (χ0) is 16.2. The van der Waals surface area contributed by atoms with Gasteiger partial charge in [0.2, 0.25) is 11.8 Å². The number of rotatable bonds is 10. The van der Waals surface area contributed by atoms with Crippen LogP contribution in [0.3, 0.4) is 0 Å². The Kier molecular flexibility index (Phi) is 8.67. The number of ether oxygens (including phenoxy) is 1. The molecule has 22 heavy (non-hydrogen) atoms. The Hall–Kier alpha value is -2.08. The number of hydrogen-bond donors (Lipinski definition) is 2. The Balaban J connectivity index is 2.19. The van der Waals surface area contributed by atoms with Gasteiger partial charge in [0.15, 0.2) is 0 Å². The van der Waals surface area contributed by atoms with Crippen molar-refractivity contribution in [1.29, 1.82) is 0 Å². The van der Waals surface area contributed by atoms with Crippen LogP contribution < -0.4 is 15.4 Å². The summed E-state index contributed by atoms with van der Waals surface area (Å²) in [5, 5.41) is 5.51. The first kappa shape index (κ1) is 18.0. The Labute approximate surface area is 131 Å². The Morgan fingerprint density at radius 1 is 1.05 bits per heavy atom. The SMILES string of the molecule is CCNC(=O)CN(CC)CC(=O)NCCOc1ccccc1. The van der Waals surface area contributed by atoms with Crippen molar-refractivity contribution in [3.05, 3.63) is 30.3 Å². The minimum Gasteiger partial charge on any atom is -0.492 e. The highest BCUT2D eigenvalue weighted by molar-refractivity contribution is 5.81. The molecule has 0 radical (unpaired) electrons. The molecule has 0 fully saturated rings. The van der Waals surface area contributed by atoms with Gasteiger partial charge in [-0.25, -0.2) is 0 Å². The van der Waals surface area contributed by atoms with Crippen LogP contribution in [0, 0.1) is 0 Å². The van der Waals surface area contributed by atoms with Gasteiger partial charge in [-0.05, 0) is 25.6 Å². The lowest BCUT2D eigenvalue weighted by Gasteiger charge is -2.19. The number of benzene rings is 1. The first-order valence-electron chi connectivity index (χ1n) is 7.59. The molecule has 0 atom stereocenters. The Morgan fingerprint density at radius 3 is 2.27 bits per heavy atom. The van der Waals surface area contributed by atoms with Crippen LogP contribution in [0.1, 0.15) is 13.8 Å². The highest BCUT2D eigenvalue weighted by atomic mass is 16.5. The topological polar surface area (TPSA) is 70.7 Å². The van der Waals surface area contributed by atoms with Crippen LogP contribution in [-0.4, -0.2) is 56.0 Å². The van der Waals surface area contributed by atoms with Crippen molar-refractivity contribution in [3.63, 3.8) is 0 Å². The molecular weight excluding hydrogens is 282 g/mol. The van der Waals surface area contributed by atoms with Crippen LogP contribution in [0.2, 0.25) is 0 Å². The first-order chi connectivity index (χ1) is 10.7. The molecule has 0 aromatic heterocycles. The van der Waals surface area contributed by atoms with Gasteiger partial charge in [-0.3, -0.25) is 14.5 Å². The zero-order valence-corrected chi connectivity index (χ0v) is 13.3. The average Bonchev–Trinajstić information content (AvgIpc) is 2.52. The molecule has 1 rings (SSSR count). The fraction of sp³-hybridized carbons (Fsp3) is 0.500. The van der Waals surface area contributed by atoms with Crippen LogP contribution in [0.5, 0.6) is 5.75 Å². The number of likely N-dealkylation sites (N-methyl/N-ethyl adjacent to an activating group) is 2. The van der Waals surface area contributed by atoms with E-state index in [-0.39, 0.29) is 24.9 Å². The van der Waals surface area contributed by atoms with E-state index in [1.165, 1.54) is 0 Å². The average molecular weight is 307 g/mol. The normalized spacial score (nSPS) is 10.3. The third-order valence-corrected chi connectivity index (χ3v) is 2.99. The largest absolute Gasteiger partial charge is 0.492 e. The van der Waals surface area contributed by atoms with Crippen molar-refractivity contribution in [1.82, 2.24) is 15.5 Å². The summed E-state index contributed by atoms with van der Waals surface area (Å²) >= 11 is 0. The summed E-state index contributed by atoms with van der Waals surface area (Å²) < 4.78 is 5.49. The van der Waals surface area contributed by atoms with E-state index >= 15 is 0 Å². The van der Waals surface area contributed by atoms with Gasteiger partial charge in [-0.2, -0.15) is 0 Å². The van der Waals surface area contributed by atoms with E-state index in [4.69, 9.17) is 4.74 Å². The van der Waals surface area contributed by atoms with Crippen molar-refractivity contribution in [2.75, 3.05) is 39.3 Å². The molecule has 0 heterocycles. The summed E-state index contributed by atoms with van der Waals surface area (Å²) in [7, 11) is 0. The van der Waals surface area contributed by atoms with Crippen molar-refractivity contribution >= 4 is 11.8 Å². The van der Waals surface area contributed by atoms with Gasteiger partial charge < -0.3 is 15.4 Å². The van der Waals surface area contributed by atoms with E-state index in [0.29, 0.717) is 26.2 Å². The molecular formula is C16H25N3O3. The van der Waals surface area contributed by atoms with Gasteiger partial charge in [-0.1, -0.05) is 25.1 Å². The van der Waals surface area contributed by atoms with E-state index in [2.05, 4.69) is 10.6 Å². The van der Waals surface area contributed by atoms with Crippen LogP contribution in [-0.2, 0) is 9.59 Å². The summed E-state index contributed by atoms with van der Waals surface area (Å²) in [5.41, 5.74) is 0. The molecule has 0 saturated carbocycles. The van der Waals surface area contributed by atoms with Gasteiger partial charge in [0, 0.05) is 6.54 Å². The highest BCUT2D eigenvalue weighted by Gasteiger charge is 2.12. The zero-order valence-electron chi connectivity index (χ0n) is 13.3. The number of nitrogens with zero attached hydrogens (tertiary/aromatic N) is 1. The Bertz CT molecular complexity index is 451. The molecule has 1 aromatic rings. The van der Waals surface area contributed by atoms with Gasteiger partial charge in [0.25, 0.3) is 0 Å². The van der Waals surface area contributed by atoms with E-state index in [1.807, 2.05) is 44.2 Å². The van der Waals surface area contributed by atoms with E-state index < -0.39 is 0 Å². The molecule has 0 unspecified atom stereocenters. The molecule has 6 nitrogen and oxygen atoms in total. The lowest BCUT2D eigenvalue weighted by Crippen LogP contribution is -2.43.